The Labute approximate surface area is 155 Å². The third kappa shape index (κ3) is 3.89. The molecule has 3 aromatic carbocycles. The molecule has 0 fully saturated rings. The van der Waals surface area contributed by atoms with Crippen molar-refractivity contribution in [2.24, 2.45) is 0 Å². The molecule has 0 aromatic heterocycles. The number of nitrogen functional groups attached to an aromatic ring is 1. The van der Waals surface area contributed by atoms with Gasteiger partial charge >= 0.3 is 0 Å². The van der Waals surface area contributed by atoms with Gasteiger partial charge in [-0.05, 0) is 61.4 Å². The molecular formula is C21H22N2O2S. The van der Waals surface area contributed by atoms with Crippen molar-refractivity contribution in [3.8, 4) is 0 Å². The second-order valence-corrected chi connectivity index (χ2v) is 8.27. The van der Waals surface area contributed by atoms with E-state index in [9.17, 15) is 8.42 Å². The molecule has 26 heavy (non-hydrogen) atoms. The Kier molecular flexibility index (Phi) is 5.00. The number of nitrogens with zero attached hydrogens (tertiary/aromatic N) is 1. The molecule has 5 heteroatoms. The molecule has 0 aliphatic rings. The van der Waals surface area contributed by atoms with Crippen molar-refractivity contribution in [3.05, 3.63) is 89.5 Å². The van der Waals surface area contributed by atoms with E-state index in [2.05, 4.69) is 0 Å². The van der Waals surface area contributed by atoms with Crippen LogP contribution >= 0.6 is 0 Å². The number of anilines is 2. The summed E-state index contributed by atoms with van der Waals surface area (Å²) in [5.74, 6) is 0. The second kappa shape index (κ2) is 7.22. The van der Waals surface area contributed by atoms with Crippen molar-refractivity contribution in [1.29, 1.82) is 0 Å². The van der Waals surface area contributed by atoms with Gasteiger partial charge in [0.1, 0.15) is 0 Å². The lowest BCUT2D eigenvalue weighted by atomic mass is 10.1. The zero-order valence-corrected chi connectivity index (χ0v) is 15.7. The molecule has 0 amide bonds. The Bertz CT molecular complexity index is 995. The van der Waals surface area contributed by atoms with Crippen molar-refractivity contribution in [3.63, 3.8) is 0 Å². The van der Waals surface area contributed by atoms with Gasteiger partial charge in [0.25, 0.3) is 10.0 Å². The average molecular weight is 366 g/mol. The topological polar surface area (TPSA) is 63.4 Å². The summed E-state index contributed by atoms with van der Waals surface area (Å²) in [7, 11) is -3.72. The summed E-state index contributed by atoms with van der Waals surface area (Å²) in [5, 5.41) is 0. The predicted octanol–water partition coefficient (Wildman–Crippen LogP) is 4.28. The first-order chi connectivity index (χ1) is 12.4. The van der Waals surface area contributed by atoms with Crippen LogP contribution in [-0.2, 0) is 16.6 Å². The van der Waals surface area contributed by atoms with E-state index in [0.29, 0.717) is 11.4 Å². The first kappa shape index (κ1) is 18.0. The fourth-order valence-electron chi connectivity index (χ4n) is 2.72. The Balaban J connectivity index is 2.07. The van der Waals surface area contributed by atoms with Crippen molar-refractivity contribution in [2.45, 2.75) is 25.3 Å². The minimum Gasteiger partial charge on any atom is -0.399 e. The second-order valence-electron chi connectivity index (χ2n) is 6.41. The molecule has 0 bridgehead atoms. The smallest absolute Gasteiger partial charge is 0.264 e. The Morgan fingerprint density at radius 3 is 2.12 bits per heavy atom. The van der Waals surface area contributed by atoms with Gasteiger partial charge in [-0.15, -0.1) is 0 Å². The number of aryl methyl sites for hydroxylation is 2. The monoisotopic (exact) mass is 366 g/mol. The minimum atomic E-state index is -3.72. The van der Waals surface area contributed by atoms with Gasteiger partial charge in [-0.2, -0.15) is 0 Å². The molecule has 0 heterocycles. The summed E-state index contributed by atoms with van der Waals surface area (Å²) in [5.41, 5.74) is 9.95. The van der Waals surface area contributed by atoms with Gasteiger partial charge < -0.3 is 5.73 Å². The molecule has 0 aliphatic heterocycles. The Morgan fingerprint density at radius 2 is 1.50 bits per heavy atom. The van der Waals surface area contributed by atoms with Crippen molar-refractivity contribution >= 4 is 21.4 Å². The summed E-state index contributed by atoms with van der Waals surface area (Å²) < 4.78 is 28.1. The molecule has 3 aromatic rings. The lowest BCUT2D eigenvalue weighted by Crippen LogP contribution is -2.30. The van der Waals surface area contributed by atoms with Crippen LogP contribution in [0, 0.1) is 13.8 Å². The summed E-state index contributed by atoms with van der Waals surface area (Å²) in [6.07, 6.45) is 0. The number of hydrogen-bond acceptors (Lipinski definition) is 3. The van der Waals surface area contributed by atoms with E-state index < -0.39 is 10.0 Å². The lowest BCUT2D eigenvalue weighted by Gasteiger charge is -2.25. The molecule has 2 N–H and O–H groups in total. The third-order valence-corrected chi connectivity index (χ3v) is 5.99. The highest BCUT2D eigenvalue weighted by Gasteiger charge is 2.25. The minimum absolute atomic E-state index is 0.223. The van der Waals surface area contributed by atoms with E-state index in [1.807, 2.05) is 62.4 Å². The number of hydrogen-bond donors (Lipinski definition) is 1. The highest BCUT2D eigenvalue weighted by molar-refractivity contribution is 7.92. The van der Waals surface area contributed by atoms with Crippen LogP contribution in [0.3, 0.4) is 0 Å². The quantitative estimate of drug-likeness (QED) is 0.686. The number of rotatable bonds is 5. The Morgan fingerprint density at radius 1 is 0.846 bits per heavy atom. The van der Waals surface area contributed by atoms with Crippen LogP contribution < -0.4 is 10.0 Å². The molecule has 0 aliphatic carbocycles. The van der Waals surface area contributed by atoms with E-state index in [1.54, 1.807) is 24.3 Å². The molecule has 0 unspecified atom stereocenters. The van der Waals surface area contributed by atoms with E-state index in [1.165, 1.54) is 4.31 Å². The van der Waals surface area contributed by atoms with Crippen LogP contribution in [0.15, 0.2) is 77.7 Å². The maximum atomic E-state index is 13.3. The van der Waals surface area contributed by atoms with E-state index in [0.717, 1.165) is 16.7 Å². The normalized spacial score (nSPS) is 11.3. The fraction of sp³-hybridized carbons (Fsp3) is 0.143. The van der Waals surface area contributed by atoms with Crippen LogP contribution in [0.4, 0.5) is 11.4 Å². The van der Waals surface area contributed by atoms with Gasteiger partial charge in [0, 0.05) is 5.69 Å². The maximum Gasteiger partial charge on any atom is 0.264 e. The van der Waals surface area contributed by atoms with Crippen LogP contribution in [-0.4, -0.2) is 8.42 Å². The predicted molar refractivity (Wildman–Crippen MR) is 107 cm³/mol. The van der Waals surface area contributed by atoms with Gasteiger partial charge in [0.15, 0.2) is 0 Å². The van der Waals surface area contributed by atoms with E-state index >= 15 is 0 Å². The molecule has 4 nitrogen and oxygen atoms in total. The molecule has 0 saturated heterocycles. The molecule has 0 spiro atoms. The van der Waals surface area contributed by atoms with Crippen LogP contribution in [0.5, 0.6) is 0 Å². The largest absolute Gasteiger partial charge is 0.399 e. The summed E-state index contributed by atoms with van der Waals surface area (Å²) >= 11 is 0. The van der Waals surface area contributed by atoms with Gasteiger partial charge in [0.2, 0.25) is 0 Å². The zero-order valence-electron chi connectivity index (χ0n) is 14.9. The molecule has 0 radical (unpaired) electrons. The third-order valence-electron chi connectivity index (χ3n) is 4.20. The summed E-state index contributed by atoms with van der Waals surface area (Å²) in [4.78, 5) is 0.223. The van der Waals surface area contributed by atoms with Crippen LogP contribution in [0.1, 0.15) is 16.7 Å². The standard InChI is InChI=1S/C21H22N2O2S/c1-16-6-8-18(9-7-16)15-23(20-5-3-4-17(2)14-20)26(24,25)21-12-10-19(22)11-13-21/h3-14H,15,22H2,1-2H3. The molecule has 0 atom stereocenters. The summed E-state index contributed by atoms with van der Waals surface area (Å²) in [6, 6.07) is 21.7. The average Bonchev–Trinajstić information content (AvgIpc) is 2.61. The van der Waals surface area contributed by atoms with Crippen LogP contribution in [0.25, 0.3) is 0 Å². The van der Waals surface area contributed by atoms with Crippen molar-refractivity contribution in [2.75, 3.05) is 10.0 Å². The van der Waals surface area contributed by atoms with Gasteiger partial charge in [0.05, 0.1) is 17.1 Å². The number of nitrogens with two attached hydrogens (primary N) is 1. The lowest BCUT2D eigenvalue weighted by molar-refractivity contribution is 0.590. The molecule has 134 valence electrons. The molecule has 3 rings (SSSR count). The number of benzene rings is 3. The molecule has 0 saturated carbocycles. The van der Waals surface area contributed by atoms with Crippen molar-refractivity contribution in [1.82, 2.24) is 0 Å². The van der Waals surface area contributed by atoms with Crippen LogP contribution in [0.2, 0.25) is 0 Å². The van der Waals surface area contributed by atoms with Gasteiger partial charge in [-0.1, -0.05) is 42.0 Å². The highest BCUT2D eigenvalue weighted by atomic mass is 32.2. The Hall–Kier alpha value is -2.79. The number of sulfonamides is 1. The fourth-order valence-corrected chi connectivity index (χ4v) is 4.17. The molecular weight excluding hydrogens is 344 g/mol. The summed E-state index contributed by atoms with van der Waals surface area (Å²) in [6.45, 7) is 4.22. The van der Waals surface area contributed by atoms with E-state index in [4.69, 9.17) is 5.73 Å². The van der Waals surface area contributed by atoms with Crippen molar-refractivity contribution < 1.29 is 8.42 Å². The first-order valence-electron chi connectivity index (χ1n) is 8.37. The van der Waals surface area contributed by atoms with Gasteiger partial charge in [-0.25, -0.2) is 8.42 Å². The first-order valence-corrected chi connectivity index (χ1v) is 9.81. The van der Waals surface area contributed by atoms with Gasteiger partial charge in [-0.3, -0.25) is 4.31 Å². The SMILES string of the molecule is Cc1ccc(CN(c2cccc(C)c2)S(=O)(=O)c2ccc(N)cc2)cc1. The zero-order chi connectivity index (χ0) is 18.7. The maximum absolute atomic E-state index is 13.3. The van der Waals surface area contributed by atoms with E-state index in [-0.39, 0.29) is 11.4 Å². The highest BCUT2D eigenvalue weighted by Crippen LogP contribution is 2.27.